The third-order valence-corrected chi connectivity index (χ3v) is 4.45. The van der Waals surface area contributed by atoms with Crippen molar-refractivity contribution in [2.45, 2.75) is 44.6 Å². The minimum Gasteiger partial charge on any atom is -0.299 e. The van der Waals surface area contributed by atoms with Gasteiger partial charge in [0.05, 0.1) is 18.2 Å². The molecule has 1 aliphatic carbocycles. The Morgan fingerprint density at radius 3 is 2.71 bits per heavy atom. The number of hydrogen-bond donors (Lipinski definition) is 0. The molecule has 1 aromatic carbocycles. The first-order chi connectivity index (χ1) is 10.2. The summed E-state index contributed by atoms with van der Waals surface area (Å²) in [6, 6.07) is 9.99. The van der Waals surface area contributed by atoms with Gasteiger partial charge in [-0.1, -0.05) is 42.6 Å². The molecule has 1 saturated carbocycles. The van der Waals surface area contributed by atoms with Crippen LogP contribution in [0.1, 0.15) is 43.0 Å². The summed E-state index contributed by atoms with van der Waals surface area (Å²) in [5.41, 5.74) is 1.75. The number of ketones is 1. The van der Waals surface area contributed by atoms with E-state index in [9.17, 15) is 4.79 Å². The van der Waals surface area contributed by atoms with Crippen LogP contribution in [0.15, 0.2) is 36.5 Å². The fourth-order valence-corrected chi connectivity index (χ4v) is 3.17. The van der Waals surface area contributed by atoms with Gasteiger partial charge >= 0.3 is 0 Å². The summed E-state index contributed by atoms with van der Waals surface area (Å²) in [6.45, 7) is 0. The maximum absolute atomic E-state index is 12.2. The molecule has 3 nitrogen and oxygen atoms in total. The van der Waals surface area contributed by atoms with Gasteiger partial charge in [0, 0.05) is 17.6 Å². The van der Waals surface area contributed by atoms with Crippen LogP contribution in [0.3, 0.4) is 0 Å². The van der Waals surface area contributed by atoms with Crippen LogP contribution in [-0.2, 0) is 17.6 Å². The minimum atomic E-state index is 0.153. The van der Waals surface area contributed by atoms with Gasteiger partial charge in [-0.25, -0.2) is 0 Å². The number of aromatic nitrogens is 2. The van der Waals surface area contributed by atoms with Crippen molar-refractivity contribution < 1.29 is 4.79 Å². The van der Waals surface area contributed by atoms with Crippen LogP contribution in [0.2, 0.25) is 5.02 Å². The Morgan fingerprint density at radius 2 is 1.95 bits per heavy atom. The number of carbonyl (C=O) groups is 1. The van der Waals surface area contributed by atoms with Crippen molar-refractivity contribution in [3.05, 3.63) is 52.8 Å². The van der Waals surface area contributed by atoms with Crippen molar-refractivity contribution in [1.82, 2.24) is 9.78 Å². The SMILES string of the molecule is O=C(Cc1ccn(C2CCCC2)n1)Cc1ccccc1Cl. The lowest BCUT2D eigenvalue weighted by Gasteiger charge is -2.08. The minimum absolute atomic E-state index is 0.153. The zero-order chi connectivity index (χ0) is 14.7. The van der Waals surface area contributed by atoms with Crippen molar-refractivity contribution in [2.75, 3.05) is 0 Å². The topological polar surface area (TPSA) is 34.9 Å². The third-order valence-electron chi connectivity index (χ3n) is 4.09. The van der Waals surface area contributed by atoms with Crippen LogP contribution in [0.25, 0.3) is 0 Å². The van der Waals surface area contributed by atoms with Gasteiger partial charge in [0.15, 0.2) is 0 Å². The van der Waals surface area contributed by atoms with E-state index in [0.29, 0.717) is 23.9 Å². The first kappa shape index (κ1) is 14.3. The largest absolute Gasteiger partial charge is 0.299 e. The van der Waals surface area contributed by atoms with Crippen molar-refractivity contribution in [3.8, 4) is 0 Å². The molecule has 4 heteroatoms. The lowest BCUT2D eigenvalue weighted by molar-refractivity contribution is -0.117. The molecule has 0 atom stereocenters. The molecular weight excluding hydrogens is 284 g/mol. The Hall–Kier alpha value is -1.61. The molecule has 21 heavy (non-hydrogen) atoms. The fraction of sp³-hybridized carbons (Fsp3) is 0.412. The Balaban J connectivity index is 1.61. The van der Waals surface area contributed by atoms with Gasteiger partial charge < -0.3 is 0 Å². The Morgan fingerprint density at radius 1 is 1.19 bits per heavy atom. The van der Waals surface area contributed by atoms with E-state index in [1.54, 1.807) is 0 Å². The molecule has 0 amide bonds. The number of hydrogen-bond acceptors (Lipinski definition) is 2. The van der Waals surface area contributed by atoms with E-state index in [1.807, 2.05) is 41.2 Å². The maximum Gasteiger partial charge on any atom is 0.143 e. The number of halogens is 1. The highest BCUT2D eigenvalue weighted by Gasteiger charge is 2.18. The predicted molar refractivity (Wildman–Crippen MR) is 83.6 cm³/mol. The molecule has 0 aliphatic heterocycles. The zero-order valence-corrected chi connectivity index (χ0v) is 12.7. The molecule has 1 aromatic heterocycles. The van der Waals surface area contributed by atoms with E-state index in [1.165, 1.54) is 25.7 Å². The van der Waals surface area contributed by atoms with Crippen LogP contribution in [0.4, 0.5) is 0 Å². The van der Waals surface area contributed by atoms with Gasteiger partial charge in [-0.05, 0) is 30.5 Å². The molecule has 0 radical (unpaired) electrons. The monoisotopic (exact) mass is 302 g/mol. The van der Waals surface area contributed by atoms with Gasteiger partial charge in [0.2, 0.25) is 0 Å². The first-order valence-electron chi connectivity index (χ1n) is 7.51. The summed E-state index contributed by atoms with van der Waals surface area (Å²) in [7, 11) is 0. The van der Waals surface area contributed by atoms with Crippen molar-refractivity contribution in [1.29, 1.82) is 0 Å². The highest BCUT2D eigenvalue weighted by molar-refractivity contribution is 6.31. The second-order valence-corrected chi connectivity index (χ2v) is 6.12. The van der Waals surface area contributed by atoms with Gasteiger partial charge in [-0.3, -0.25) is 9.48 Å². The summed E-state index contributed by atoms with van der Waals surface area (Å²) >= 11 is 6.09. The Labute approximate surface area is 129 Å². The summed E-state index contributed by atoms with van der Waals surface area (Å²) in [4.78, 5) is 12.2. The molecule has 110 valence electrons. The summed E-state index contributed by atoms with van der Waals surface area (Å²) in [5, 5.41) is 5.21. The molecule has 1 heterocycles. The number of carbonyl (C=O) groups excluding carboxylic acids is 1. The lowest BCUT2D eigenvalue weighted by Crippen LogP contribution is -2.09. The van der Waals surface area contributed by atoms with Crippen molar-refractivity contribution in [3.63, 3.8) is 0 Å². The van der Waals surface area contributed by atoms with Crippen LogP contribution >= 0.6 is 11.6 Å². The Bertz CT molecular complexity index is 629. The maximum atomic E-state index is 12.2. The molecule has 0 bridgehead atoms. The molecular formula is C17H19ClN2O. The highest BCUT2D eigenvalue weighted by atomic mass is 35.5. The lowest BCUT2D eigenvalue weighted by atomic mass is 10.1. The summed E-state index contributed by atoms with van der Waals surface area (Å²) in [6.07, 6.45) is 7.73. The molecule has 1 fully saturated rings. The second-order valence-electron chi connectivity index (χ2n) is 5.71. The van der Waals surface area contributed by atoms with E-state index in [2.05, 4.69) is 5.10 Å². The Kier molecular flexibility index (Phi) is 4.39. The van der Waals surface area contributed by atoms with E-state index in [-0.39, 0.29) is 5.78 Å². The van der Waals surface area contributed by atoms with Crippen LogP contribution in [0, 0.1) is 0 Å². The molecule has 2 aromatic rings. The van der Waals surface area contributed by atoms with Gasteiger partial charge in [-0.2, -0.15) is 5.10 Å². The van der Waals surface area contributed by atoms with E-state index >= 15 is 0 Å². The molecule has 0 unspecified atom stereocenters. The van der Waals surface area contributed by atoms with E-state index in [0.717, 1.165) is 11.3 Å². The number of Topliss-reactive ketones (excluding diaryl/α,β-unsaturated/α-hetero) is 1. The fourth-order valence-electron chi connectivity index (χ4n) is 2.96. The van der Waals surface area contributed by atoms with E-state index in [4.69, 9.17) is 11.6 Å². The second kappa shape index (κ2) is 6.44. The average Bonchev–Trinajstić information content (AvgIpc) is 3.12. The number of nitrogens with zero attached hydrogens (tertiary/aromatic N) is 2. The number of rotatable bonds is 5. The third kappa shape index (κ3) is 3.53. The zero-order valence-electron chi connectivity index (χ0n) is 12.0. The van der Waals surface area contributed by atoms with E-state index < -0.39 is 0 Å². The van der Waals surface area contributed by atoms with Gasteiger partial charge in [0.25, 0.3) is 0 Å². The van der Waals surface area contributed by atoms with Gasteiger partial charge in [-0.15, -0.1) is 0 Å². The molecule has 3 rings (SSSR count). The quantitative estimate of drug-likeness (QED) is 0.836. The number of benzene rings is 1. The summed E-state index contributed by atoms with van der Waals surface area (Å²) < 4.78 is 2.03. The molecule has 0 N–H and O–H groups in total. The first-order valence-corrected chi connectivity index (χ1v) is 7.89. The average molecular weight is 303 g/mol. The van der Waals surface area contributed by atoms with Crippen molar-refractivity contribution >= 4 is 17.4 Å². The van der Waals surface area contributed by atoms with Crippen molar-refractivity contribution in [2.24, 2.45) is 0 Å². The van der Waals surface area contributed by atoms with Crippen LogP contribution < -0.4 is 0 Å². The molecule has 0 spiro atoms. The normalized spacial score (nSPS) is 15.5. The standard InChI is InChI=1S/C17H19ClN2O/c18-17-8-4-1-5-13(17)11-16(21)12-14-9-10-20(19-14)15-6-2-3-7-15/h1,4-5,8-10,15H,2-3,6-7,11-12H2. The smallest absolute Gasteiger partial charge is 0.143 e. The van der Waals surface area contributed by atoms with Crippen LogP contribution in [0.5, 0.6) is 0 Å². The van der Waals surface area contributed by atoms with Crippen LogP contribution in [-0.4, -0.2) is 15.6 Å². The van der Waals surface area contributed by atoms with Gasteiger partial charge in [0.1, 0.15) is 5.78 Å². The molecule has 1 aliphatic rings. The summed E-state index contributed by atoms with van der Waals surface area (Å²) in [5.74, 6) is 0.153. The molecule has 0 saturated heterocycles. The highest BCUT2D eigenvalue weighted by Crippen LogP contribution is 2.28. The predicted octanol–water partition coefficient (Wildman–Crippen LogP) is 4.01.